The van der Waals surface area contributed by atoms with E-state index in [9.17, 15) is 9.59 Å². The summed E-state index contributed by atoms with van der Waals surface area (Å²) in [5.41, 5.74) is 1.20. The number of rotatable bonds is 5. The second-order valence-corrected chi connectivity index (χ2v) is 6.04. The van der Waals surface area contributed by atoms with Gasteiger partial charge in [0.1, 0.15) is 5.75 Å². The molecule has 2 aromatic carbocycles. The van der Waals surface area contributed by atoms with Gasteiger partial charge in [-0.05, 0) is 35.9 Å². The molecule has 1 aliphatic heterocycles. The smallest absolute Gasteiger partial charge is 0.258 e. The summed E-state index contributed by atoms with van der Waals surface area (Å²) in [6.07, 6.45) is 0.196. The van der Waals surface area contributed by atoms with Crippen molar-refractivity contribution in [1.29, 1.82) is 0 Å². The van der Waals surface area contributed by atoms with Gasteiger partial charge in [0.25, 0.3) is 5.91 Å². The van der Waals surface area contributed by atoms with Crippen LogP contribution in [0.2, 0.25) is 0 Å². The van der Waals surface area contributed by atoms with E-state index in [2.05, 4.69) is 15.6 Å². The van der Waals surface area contributed by atoms with E-state index in [0.29, 0.717) is 17.1 Å². The van der Waals surface area contributed by atoms with Gasteiger partial charge in [-0.15, -0.1) is 0 Å². The van der Waals surface area contributed by atoms with Crippen molar-refractivity contribution in [2.45, 2.75) is 12.5 Å². The van der Waals surface area contributed by atoms with Crippen LogP contribution < -0.4 is 24.8 Å². The molecule has 2 aromatic rings. The number of hydrogen-bond donors (Lipinski definition) is 2. The van der Waals surface area contributed by atoms with E-state index in [1.54, 1.807) is 37.4 Å². The average molecular weight is 383 g/mol. The Labute approximate surface area is 162 Å². The summed E-state index contributed by atoms with van der Waals surface area (Å²) < 4.78 is 15.5. The fourth-order valence-corrected chi connectivity index (χ4v) is 2.83. The Bertz CT molecular complexity index is 909. The van der Waals surface area contributed by atoms with Gasteiger partial charge in [0.05, 0.1) is 33.8 Å². The fraction of sp³-hybridized carbons (Fsp3) is 0.250. The van der Waals surface area contributed by atoms with Crippen LogP contribution in [0.1, 0.15) is 28.4 Å². The number of carbonyl (C=O) groups excluding carboxylic acids is 2. The summed E-state index contributed by atoms with van der Waals surface area (Å²) in [7, 11) is 4.59. The zero-order valence-electron chi connectivity index (χ0n) is 15.8. The first kappa shape index (κ1) is 19.2. The molecule has 1 atom stereocenters. The predicted molar refractivity (Wildman–Crippen MR) is 103 cm³/mol. The Balaban J connectivity index is 1.79. The molecule has 0 radical (unpaired) electrons. The van der Waals surface area contributed by atoms with E-state index in [1.165, 1.54) is 14.2 Å². The van der Waals surface area contributed by atoms with E-state index < -0.39 is 5.91 Å². The predicted octanol–water partition coefficient (Wildman–Crippen LogP) is 2.06. The van der Waals surface area contributed by atoms with Gasteiger partial charge in [-0.25, -0.2) is 4.99 Å². The van der Waals surface area contributed by atoms with Gasteiger partial charge in [0, 0.05) is 5.56 Å². The van der Waals surface area contributed by atoms with Crippen LogP contribution >= 0.6 is 0 Å². The second-order valence-electron chi connectivity index (χ2n) is 6.04. The Morgan fingerprint density at radius 3 is 2.39 bits per heavy atom. The van der Waals surface area contributed by atoms with Crippen LogP contribution in [0.5, 0.6) is 17.2 Å². The maximum absolute atomic E-state index is 12.6. The first-order valence-corrected chi connectivity index (χ1v) is 8.59. The van der Waals surface area contributed by atoms with Crippen LogP contribution in [0.15, 0.2) is 47.5 Å². The van der Waals surface area contributed by atoms with Crippen LogP contribution in [0, 0.1) is 0 Å². The number of aliphatic imine (C=N–C) groups is 1. The Morgan fingerprint density at radius 1 is 1.04 bits per heavy atom. The molecule has 0 aromatic heterocycles. The fourth-order valence-electron chi connectivity index (χ4n) is 2.83. The topological polar surface area (TPSA) is 98.3 Å². The molecule has 0 aliphatic carbocycles. The van der Waals surface area contributed by atoms with E-state index in [0.717, 1.165) is 11.3 Å². The second kappa shape index (κ2) is 8.43. The zero-order chi connectivity index (χ0) is 20.1. The lowest BCUT2D eigenvalue weighted by Crippen LogP contribution is -2.47. The molecule has 0 saturated heterocycles. The molecule has 8 heteroatoms. The van der Waals surface area contributed by atoms with Crippen LogP contribution in [0.3, 0.4) is 0 Å². The molecule has 1 heterocycles. The number of hydrogen-bond acceptors (Lipinski definition) is 6. The molecule has 2 amide bonds. The van der Waals surface area contributed by atoms with Crippen molar-refractivity contribution >= 4 is 17.8 Å². The highest BCUT2D eigenvalue weighted by molar-refractivity contribution is 6.10. The molecule has 0 fully saturated rings. The molecule has 3 rings (SSSR count). The Kier molecular flexibility index (Phi) is 5.78. The summed E-state index contributed by atoms with van der Waals surface area (Å²) in [5.74, 6) is 1.13. The van der Waals surface area contributed by atoms with Crippen molar-refractivity contribution in [3.8, 4) is 17.2 Å². The standard InChI is InChI=1S/C20H21N3O5/c1-26-14-7-4-12(5-8-14)15-11-18(24)22-20(21-15)23-19(25)13-6-9-16(27-2)17(10-13)28-3/h4-10,15H,11H2,1-3H3,(H2,21,22,23,24,25)/t15-/m1/s1. The van der Waals surface area contributed by atoms with Gasteiger partial charge in [-0.3, -0.25) is 20.2 Å². The van der Waals surface area contributed by atoms with Crippen LogP contribution in [-0.4, -0.2) is 39.1 Å². The molecule has 0 bridgehead atoms. The molecule has 28 heavy (non-hydrogen) atoms. The number of guanidine groups is 1. The van der Waals surface area contributed by atoms with Gasteiger partial charge in [-0.2, -0.15) is 0 Å². The van der Waals surface area contributed by atoms with E-state index >= 15 is 0 Å². The minimum absolute atomic E-state index is 0.108. The largest absolute Gasteiger partial charge is 0.497 e. The van der Waals surface area contributed by atoms with Crippen molar-refractivity contribution in [3.63, 3.8) is 0 Å². The number of benzene rings is 2. The molecule has 0 spiro atoms. The molecule has 2 N–H and O–H groups in total. The van der Waals surface area contributed by atoms with E-state index in [-0.39, 0.29) is 24.3 Å². The SMILES string of the molecule is COc1ccc([C@H]2CC(=O)NC(NC(=O)c3ccc(OC)c(OC)c3)=N2)cc1. The van der Waals surface area contributed by atoms with Gasteiger partial charge in [-0.1, -0.05) is 12.1 Å². The first-order valence-electron chi connectivity index (χ1n) is 8.59. The average Bonchev–Trinajstić information content (AvgIpc) is 2.72. The summed E-state index contributed by atoms with van der Waals surface area (Å²) in [6, 6.07) is 11.7. The lowest BCUT2D eigenvalue weighted by atomic mass is 10.0. The summed E-state index contributed by atoms with van der Waals surface area (Å²) >= 11 is 0. The van der Waals surface area contributed by atoms with Crippen molar-refractivity contribution in [2.24, 2.45) is 4.99 Å². The third-order valence-corrected chi connectivity index (χ3v) is 4.30. The summed E-state index contributed by atoms with van der Waals surface area (Å²) in [6.45, 7) is 0. The lowest BCUT2D eigenvalue weighted by Gasteiger charge is -2.21. The molecule has 1 aliphatic rings. The first-order chi connectivity index (χ1) is 13.5. The number of ether oxygens (including phenoxy) is 3. The van der Waals surface area contributed by atoms with Gasteiger partial charge in [0.15, 0.2) is 11.5 Å². The summed E-state index contributed by atoms with van der Waals surface area (Å²) in [5, 5.41) is 5.22. The van der Waals surface area contributed by atoms with Crippen LogP contribution in [0.25, 0.3) is 0 Å². The van der Waals surface area contributed by atoms with Gasteiger partial charge >= 0.3 is 0 Å². The Morgan fingerprint density at radius 2 is 1.75 bits per heavy atom. The lowest BCUT2D eigenvalue weighted by molar-refractivity contribution is -0.120. The number of carbonyl (C=O) groups is 2. The van der Waals surface area contributed by atoms with Crippen LogP contribution in [0.4, 0.5) is 0 Å². The van der Waals surface area contributed by atoms with Crippen LogP contribution in [-0.2, 0) is 4.79 Å². The minimum Gasteiger partial charge on any atom is -0.497 e. The highest BCUT2D eigenvalue weighted by atomic mass is 16.5. The number of amides is 2. The van der Waals surface area contributed by atoms with E-state index in [4.69, 9.17) is 14.2 Å². The van der Waals surface area contributed by atoms with E-state index in [1.807, 2.05) is 12.1 Å². The minimum atomic E-state index is -0.421. The molecular weight excluding hydrogens is 362 g/mol. The highest BCUT2D eigenvalue weighted by Crippen LogP contribution is 2.28. The third-order valence-electron chi connectivity index (χ3n) is 4.30. The van der Waals surface area contributed by atoms with Gasteiger partial charge < -0.3 is 14.2 Å². The third kappa shape index (κ3) is 4.22. The highest BCUT2D eigenvalue weighted by Gasteiger charge is 2.24. The van der Waals surface area contributed by atoms with Gasteiger partial charge in [0.2, 0.25) is 11.9 Å². The van der Waals surface area contributed by atoms with Crippen molar-refractivity contribution < 1.29 is 23.8 Å². The van der Waals surface area contributed by atoms with Crippen molar-refractivity contribution in [1.82, 2.24) is 10.6 Å². The number of nitrogens with zero attached hydrogens (tertiary/aromatic N) is 1. The molecular formula is C20H21N3O5. The number of nitrogens with one attached hydrogen (secondary N) is 2. The molecule has 8 nitrogen and oxygen atoms in total. The maximum atomic E-state index is 12.6. The Hall–Kier alpha value is -3.55. The molecule has 0 unspecified atom stereocenters. The monoisotopic (exact) mass is 383 g/mol. The quantitative estimate of drug-likeness (QED) is 0.824. The van der Waals surface area contributed by atoms with Crippen molar-refractivity contribution in [3.05, 3.63) is 53.6 Å². The molecule has 0 saturated carbocycles. The summed E-state index contributed by atoms with van der Waals surface area (Å²) in [4.78, 5) is 29.1. The zero-order valence-corrected chi connectivity index (χ0v) is 15.8. The normalized spacial score (nSPS) is 15.9. The van der Waals surface area contributed by atoms with Crippen molar-refractivity contribution in [2.75, 3.05) is 21.3 Å². The molecule has 146 valence electrons. The maximum Gasteiger partial charge on any atom is 0.258 e. The number of methoxy groups -OCH3 is 3.